The molecule has 4 heteroatoms. The maximum absolute atomic E-state index is 4.61. The van der Waals surface area contributed by atoms with Crippen molar-refractivity contribution in [1.29, 1.82) is 0 Å². The molecular formula is C11H17NRhS2. The molecule has 0 amide bonds. The van der Waals surface area contributed by atoms with Crippen LogP contribution in [0.15, 0.2) is 18.2 Å². The van der Waals surface area contributed by atoms with Crippen molar-refractivity contribution in [3.8, 4) is 0 Å². The van der Waals surface area contributed by atoms with E-state index in [0.717, 1.165) is 23.0 Å². The second-order valence-electron chi connectivity index (χ2n) is 2.89. The van der Waals surface area contributed by atoms with Gasteiger partial charge < -0.3 is 0 Å². The molecule has 0 aliphatic rings. The fourth-order valence-electron chi connectivity index (χ4n) is 1.10. The van der Waals surface area contributed by atoms with Gasteiger partial charge in [0.2, 0.25) is 0 Å². The predicted molar refractivity (Wildman–Crippen MR) is 67.9 cm³/mol. The van der Waals surface area contributed by atoms with Crippen molar-refractivity contribution in [2.24, 2.45) is 0 Å². The van der Waals surface area contributed by atoms with Gasteiger partial charge in [-0.3, -0.25) is 4.98 Å². The predicted octanol–water partition coefficient (Wildman–Crippen LogP) is 3.59. The molecule has 15 heavy (non-hydrogen) atoms. The van der Waals surface area contributed by atoms with Gasteiger partial charge >= 0.3 is 0 Å². The van der Waals surface area contributed by atoms with E-state index in [1.807, 2.05) is 23.5 Å². The van der Waals surface area contributed by atoms with Gasteiger partial charge in [-0.25, -0.2) is 0 Å². The molecule has 0 unspecified atom stereocenters. The number of thioether (sulfide) groups is 2. The summed E-state index contributed by atoms with van der Waals surface area (Å²) in [6.07, 6.45) is 0. The Labute approximate surface area is 114 Å². The van der Waals surface area contributed by atoms with Crippen LogP contribution in [-0.4, -0.2) is 16.5 Å². The molecular weight excluding hydrogens is 313 g/mol. The third-order valence-electron chi connectivity index (χ3n) is 1.77. The maximum atomic E-state index is 4.61. The molecule has 1 aromatic heterocycles. The van der Waals surface area contributed by atoms with Gasteiger partial charge in [0.05, 0.1) is 11.4 Å². The Hall–Kier alpha value is 0.473. The number of hydrogen-bond acceptors (Lipinski definition) is 3. The van der Waals surface area contributed by atoms with Crippen LogP contribution in [0.2, 0.25) is 0 Å². The fourth-order valence-corrected chi connectivity index (χ4v) is 2.25. The summed E-state index contributed by atoms with van der Waals surface area (Å²) in [5.41, 5.74) is 2.43. The summed E-state index contributed by atoms with van der Waals surface area (Å²) in [5.74, 6) is 4.41. The Morgan fingerprint density at radius 1 is 1.00 bits per heavy atom. The van der Waals surface area contributed by atoms with Gasteiger partial charge in [-0.05, 0) is 23.6 Å². The van der Waals surface area contributed by atoms with E-state index in [0.29, 0.717) is 0 Å². The average molecular weight is 330 g/mol. The summed E-state index contributed by atoms with van der Waals surface area (Å²) in [6.45, 7) is 4.36. The Morgan fingerprint density at radius 3 is 1.87 bits per heavy atom. The number of nitrogens with zero attached hydrogens (tertiary/aromatic N) is 1. The standard InChI is InChI=1S/C11H17NS2.Rh/c1-3-13-8-10-6-5-7-11(12-10)9-14-4-2;/h5-7H,3-4,8-9H2,1-2H3;. The van der Waals surface area contributed by atoms with Gasteiger partial charge in [0, 0.05) is 31.0 Å². The van der Waals surface area contributed by atoms with Crippen molar-refractivity contribution in [3.05, 3.63) is 29.6 Å². The Bertz CT molecular complexity index is 245. The second kappa shape index (κ2) is 9.68. The maximum Gasteiger partial charge on any atom is 0.0506 e. The molecule has 0 fully saturated rings. The van der Waals surface area contributed by atoms with E-state index in [1.165, 1.54) is 11.4 Å². The molecule has 1 rings (SSSR count). The summed E-state index contributed by atoms with van der Waals surface area (Å²) in [7, 11) is 0. The Kier molecular flexibility index (Phi) is 9.99. The van der Waals surface area contributed by atoms with Gasteiger partial charge in [0.15, 0.2) is 0 Å². The van der Waals surface area contributed by atoms with E-state index in [-0.39, 0.29) is 19.5 Å². The van der Waals surface area contributed by atoms with Gasteiger partial charge in [-0.2, -0.15) is 23.5 Å². The molecule has 0 spiro atoms. The monoisotopic (exact) mass is 330 g/mol. The molecule has 0 bridgehead atoms. The topological polar surface area (TPSA) is 12.9 Å². The van der Waals surface area contributed by atoms with Gasteiger partial charge in [-0.15, -0.1) is 0 Å². The first-order valence-electron chi connectivity index (χ1n) is 4.97. The fraction of sp³-hybridized carbons (Fsp3) is 0.545. The molecule has 1 aromatic rings. The quantitative estimate of drug-likeness (QED) is 0.740. The molecule has 87 valence electrons. The summed E-state index contributed by atoms with van der Waals surface area (Å²) in [4.78, 5) is 4.61. The minimum Gasteiger partial charge on any atom is -0.256 e. The third kappa shape index (κ3) is 6.60. The average Bonchev–Trinajstić information content (AvgIpc) is 2.24. The normalized spacial score (nSPS) is 9.73. The molecule has 0 aliphatic heterocycles. The smallest absolute Gasteiger partial charge is 0.0506 e. The zero-order valence-corrected chi connectivity index (χ0v) is 12.4. The van der Waals surface area contributed by atoms with Crippen LogP contribution in [0.3, 0.4) is 0 Å². The molecule has 1 nitrogen and oxygen atoms in total. The van der Waals surface area contributed by atoms with Gasteiger partial charge in [-0.1, -0.05) is 19.9 Å². The van der Waals surface area contributed by atoms with E-state index in [4.69, 9.17) is 0 Å². The number of pyridine rings is 1. The number of hydrogen-bond donors (Lipinski definition) is 0. The minimum atomic E-state index is 0. The van der Waals surface area contributed by atoms with E-state index >= 15 is 0 Å². The van der Waals surface area contributed by atoms with Crippen LogP contribution in [0.1, 0.15) is 25.2 Å². The van der Waals surface area contributed by atoms with E-state index in [1.54, 1.807) is 0 Å². The van der Waals surface area contributed by atoms with E-state index in [2.05, 4.69) is 37.0 Å². The Morgan fingerprint density at radius 2 is 1.47 bits per heavy atom. The van der Waals surface area contributed by atoms with Crippen molar-refractivity contribution in [2.75, 3.05) is 11.5 Å². The van der Waals surface area contributed by atoms with Crippen LogP contribution >= 0.6 is 23.5 Å². The first-order chi connectivity index (χ1) is 6.86. The van der Waals surface area contributed by atoms with Crippen LogP contribution in [0.5, 0.6) is 0 Å². The van der Waals surface area contributed by atoms with Gasteiger partial charge in [0.25, 0.3) is 0 Å². The minimum absolute atomic E-state index is 0. The molecule has 0 saturated carbocycles. The number of rotatable bonds is 6. The molecule has 0 N–H and O–H groups in total. The van der Waals surface area contributed by atoms with Crippen molar-refractivity contribution in [1.82, 2.24) is 4.98 Å². The second-order valence-corrected chi connectivity index (χ2v) is 5.44. The van der Waals surface area contributed by atoms with Gasteiger partial charge in [0.1, 0.15) is 0 Å². The van der Waals surface area contributed by atoms with E-state index < -0.39 is 0 Å². The SMILES string of the molecule is CCSCc1cccc(CSCC)n1.[Rh]. The molecule has 0 aliphatic carbocycles. The molecule has 1 radical (unpaired) electrons. The van der Waals surface area contributed by atoms with Crippen LogP contribution in [0.4, 0.5) is 0 Å². The third-order valence-corrected chi connectivity index (χ3v) is 3.59. The molecule has 0 aromatic carbocycles. The van der Waals surface area contributed by atoms with Crippen LogP contribution in [0, 0.1) is 0 Å². The summed E-state index contributed by atoms with van der Waals surface area (Å²) >= 11 is 3.85. The van der Waals surface area contributed by atoms with Crippen LogP contribution < -0.4 is 0 Å². The molecule has 0 atom stereocenters. The first-order valence-corrected chi connectivity index (χ1v) is 7.28. The van der Waals surface area contributed by atoms with Crippen molar-refractivity contribution >= 4 is 23.5 Å². The van der Waals surface area contributed by atoms with Crippen molar-refractivity contribution in [3.63, 3.8) is 0 Å². The largest absolute Gasteiger partial charge is 0.256 e. The van der Waals surface area contributed by atoms with Crippen LogP contribution in [-0.2, 0) is 31.0 Å². The van der Waals surface area contributed by atoms with Crippen molar-refractivity contribution in [2.45, 2.75) is 25.4 Å². The molecule has 0 saturated heterocycles. The zero-order valence-electron chi connectivity index (χ0n) is 9.16. The zero-order chi connectivity index (χ0) is 10.2. The summed E-state index contributed by atoms with van der Waals surface area (Å²) < 4.78 is 0. The Balaban J connectivity index is 0.00000196. The van der Waals surface area contributed by atoms with Crippen molar-refractivity contribution < 1.29 is 19.5 Å². The summed E-state index contributed by atoms with van der Waals surface area (Å²) in [5, 5.41) is 0. The van der Waals surface area contributed by atoms with E-state index in [9.17, 15) is 0 Å². The van der Waals surface area contributed by atoms with Crippen LogP contribution in [0.25, 0.3) is 0 Å². The first kappa shape index (κ1) is 15.5. The molecule has 1 heterocycles. The number of aromatic nitrogens is 1. The summed E-state index contributed by atoms with van der Waals surface area (Å²) in [6, 6.07) is 6.34.